The molecule has 0 spiro atoms. The molecule has 0 atom stereocenters. The molecule has 1 aromatic carbocycles. The number of carbonyl (C=O) groups is 1. The zero-order valence-corrected chi connectivity index (χ0v) is 19.2. The number of guanidine groups is 1. The molecule has 0 bridgehead atoms. The molecular formula is C19H27ClIN5O. The summed E-state index contributed by atoms with van der Waals surface area (Å²) in [5.41, 5.74) is 2.89. The van der Waals surface area contributed by atoms with Crippen molar-refractivity contribution in [2.75, 3.05) is 27.7 Å². The minimum atomic E-state index is -0.0726. The van der Waals surface area contributed by atoms with Crippen LogP contribution in [0.25, 0.3) is 0 Å². The van der Waals surface area contributed by atoms with Gasteiger partial charge in [-0.05, 0) is 30.2 Å². The second-order valence-corrected chi connectivity index (χ2v) is 6.56. The fourth-order valence-corrected chi connectivity index (χ4v) is 3.03. The molecule has 2 rings (SSSR count). The monoisotopic (exact) mass is 503 g/mol. The molecule has 0 aliphatic heterocycles. The lowest BCUT2D eigenvalue weighted by Crippen LogP contribution is -2.39. The van der Waals surface area contributed by atoms with Crippen molar-refractivity contribution in [1.82, 2.24) is 20.1 Å². The lowest BCUT2D eigenvalue weighted by Gasteiger charge is -2.22. The van der Waals surface area contributed by atoms with E-state index in [0.29, 0.717) is 12.1 Å². The molecule has 27 heavy (non-hydrogen) atoms. The maximum absolute atomic E-state index is 11.7. The van der Waals surface area contributed by atoms with E-state index in [-0.39, 0.29) is 29.9 Å². The van der Waals surface area contributed by atoms with Crippen molar-refractivity contribution in [3.63, 3.8) is 0 Å². The second kappa shape index (κ2) is 11.2. The minimum Gasteiger partial charge on any atom is -0.356 e. The smallest absolute Gasteiger partial charge is 0.251 e. The molecule has 6 nitrogen and oxygen atoms in total. The van der Waals surface area contributed by atoms with Crippen LogP contribution in [-0.4, -0.2) is 49.0 Å². The van der Waals surface area contributed by atoms with E-state index in [9.17, 15) is 4.79 Å². The molecule has 1 amide bonds. The Labute approximate surface area is 183 Å². The fourth-order valence-electron chi connectivity index (χ4n) is 2.76. The predicted molar refractivity (Wildman–Crippen MR) is 122 cm³/mol. The van der Waals surface area contributed by atoms with Crippen LogP contribution in [0, 0.1) is 0 Å². The maximum Gasteiger partial charge on any atom is 0.251 e. The van der Waals surface area contributed by atoms with Gasteiger partial charge < -0.3 is 20.1 Å². The summed E-state index contributed by atoms with van der Waals surface area (Å²) in [7, 11) is 7.37. The van der Waals surface area contributed by atoms with E-state index >= 15 is 0 Å². The maximum atomic E-state index is 11.7. The van der Waals surface area contributed by atoms with Crippen molar-refractivity contribution in [3.05, 3.63) is 58.4 Å². The molecule has 0 aliphatic carbocycles. The second-order valence-electron chi connectivity index (χ2n) is 6.12. The van der Waals surface area contributed by atoms with Crippen molar-refractivity contribution < 1.29 is 4.79 Å². The summed E-state index contributed by atoms with van der Waals surface area (Å²) >= 11 is 6.05. The van der Waals surface area contributed by atoms with Gasteiger partial charge in [0.05, 0.1) is 11.6 Å². The molecule has 0 fully saturated rings. The normalized spacial score (nSPS) is 10.9. The number of aromatic nitrogens is 1. The van der Waals surface area contributed by atoms with Gasteiger partial charge in [0.2, 0.25) is 0 Å². The molecule has 1 aromatic heterocycles. The first-order valence-corrected chi connectivity index (χ1v) is 8.86. The van der Waals surface area contributed by atoms with Crippen molar-refractivity contribution in [3.8, 4) is 0 Å². The third-order valence-electron chi connectivity index (χ3n) is 4.16. The molecule has 8 heteroatoms. The number of amides is 1. The minimum absolute atomic E-state index is 0. The van der Waals surface area contributed by atoms with Gasteiger partial charge in [-0.25, -0.2) is 0 Å². The van der Waals surface area contributed by atoms with Crippen LogP contribution in [0.2, 0.25) is 5.02 Å². The summed E-state index contributed by atoms with van der Waals surface area (Å²) in [6.07, 6.45) is 2.69. The third kappa shape index (κ3) is 6.73. The van der Waals surface area contributed by atoms with Gasteiger partial charge in [0.1, 0.15) is 0 Å². The summed E-state index contributed by atoms with van der Waals surface area (Å²) in [6.45, 7) is 1.43. The standard InChI is InChI=1S/C19H26ClN5O.HI/c1-21-18(26)15-7-5-6-14(10-15)8-9-23-19(22-2)25(4)13-17-11-16(20)12-24(17)3;/h5-7,10-12H,8-9,13H2,1-4H3,(H,21,26)(H,22,23);1H. The van der Waals surface area contributed by atoms with Crippen molar-refractivity contribution in [1.29, 1.82) is 0 Å². The van der Waals surface area contributed by atoms with E-state index in [1.165, 1.54) is 0 Å². The number of benzene rings is 1. The van der Waals surface area contributed by atoms with Crippen LogP contribution in [-0.2, 0) is 20.0 Å². The van der Waals surface area contributed by atoms with Gasteiger partial charge >= 0.3 is 0 Å². The average Bonchev–Trinajstić information content (AvgIpc) is 2.95. The van der Waals surface area contributed by atoms with Crippen molar-refractivity contribution in [2.24, 2.45) is 12.0 Å². The number of rotatable bonds is 6. The van der Waals surface area contributed by atoms with E-state index in [4.69, 9.17) is 11.6 Å². The Morgan fingerprint density at radius 2 is 2.07 bits per heavy atom. The highest BCUT2D eigenvalue weighted by Crippen LogP contribution is 2.14. The third-order valence-corrected chi connectivity index (χ3v) is 4.37. The van der Waals surface area contributed by atoms with E-state index in [0.717, 1.165) is 35.2 Å². The summed E-state index contributed by atoms with van der Waals surface area (Å²) in [5, 5.41) is 6.74. The highest BCUT2D eigenvalue weighted by atomic mass is 127. The highest BCUT2D eigenvalue weighted by Gasteiger charge is 2.10. The van der Waals surface area contributed by atoms with E-state index in [1.54, 1.807) is 14.1 Å². The van der Waals surface area contributed by atoms with Gasteiger partial charge in [-0.2, -0.15) is 0 Å². The fraction of sp³-hybridized carbons (Fsp3) is 0.368. The van der Waals surface area contributed by atoms with Crippen LogP contribution >= 0.6 is 35.6 Å². The van der Waals surface area contributed by atoms with Gasteiger partial charge in [-0.15, -0.1) is 24.0 Å². The first-order valence-electron chi connectivity index (χ1n) is 8.48. The van der Waals surface area contributed by atoms with Crippen molar-refractivity contribution >= 4 is 47.4 Å². The number of aliphatic imine (C=N–C) groups is 1. The van der Waals surface area contributed by atoms with Gasteiger partial charge in [0, 0.05) is 52.2 Å². The average molecular weight is 504 g/mol. The summed E-state index contributed by atoms with van der Waals surface area (Å²) < 4.78 is 2.01. The number of nitrogens with zero attached hydrogens (tertiary/aromatic N) is 3. The number of nitrogens with one attached hydrogen (secondary N) is 2. The Bertz CT molecular complexity index is 790. The van der Waals surface area contributed by atoms with Crippen LogP contribution in [0.4, 0.5) is 0 Å². The molecule has 0 saturated heterocycles. The first-order chi connectivity index (χ1) is 12.4. The Morgan fingerprint density at radius 3 is 2.67 bits per heavy atom. The Hall–Kier alpha value is -1.74. The van der Waals surface area contributed by atoms with Crippen LogP contribution in [0.15, 0.2) is 41.5 Å². The molecule has 0 saturated carbocycles. The van der Waals surface area contributed by atoms with Gasteiger partial charge in [0.25, 0.3) is 5.91 Å². The van der Waals surface area contributed by atoms with Gasteiger partial charge in [-0.3, -0.25) is 9.79 Å². The topological polar surface area (TPSA) is 61.7 Å². The molecule has 0 aliphatic rings. The van der Waals surface area contributed by atoms with E-state index in [1.807, 2.05) is 60.1 Å². The van der Waals surface area contributed by atoms with Gasteiger partial charge in [-0.1, -0.05) is 23.7 Å². The van der Waals surface area contributed by atoms with Crippen LogP contribution in [0.3, 0.4) is 0 Å². The largest absolute Gasteiger partial charge is 0.356 e. The Kier molecular flexibility index (Phi) is 9.65. The summed E-state index contributed by atoms with van der Waals surface area (Å²) in [6, 6.07) is 9.61. The first kappa shape index (κ1) is 23.3. The SMILES string of the molecule is CN=C(NCCc1cccc(C(=O)NC)c1)N(C)Cc1cc(Cl)cn1C.I. The zero-order valence-electron chi connectivity index (χ0n) is 16.1. The Balaban J connectivity index is 0.00000364. The van der Waals surface area contributed by atoms with Crippen molar-refractivity contribution in [2.45, 2.75) is 13.0 Å². The summed E-state index contributed by atoms with van der Waals surface area (Å²) in [5.74, 6) is 0.737. The zero-order chi connectivity index (χ0) is 19.1. The molecular weight excluding hydrogens is 477 g/mol. The molecule has 0 radical (unpaired) electrons. The molecule has 2 aromatic rings. The molecule has 0 unspecified atom stereocenters. The lowest BCUT2D eigenvalue weighted by molar-refractivity contribution is 0.0963. The van der Waals surface area contributed by atoms with E-state index < -0.39 is 0 Å². The predicted octanol–water partition coefficient (Wildman–Crippen LogP) is 2.91. The highest BCUT2D eigenvalue weighted by molar-refractivity contribution is 14.0. The van der Waals surface area contributed by atoms with Crippen LogP contribution < -0.4 is 10.6 Å². The number of halogens is 2. The molecule has 148 valence electrons. The molecule has 1 heterocycles. The number of hydrogen-bond donors (Lipinski definition) is 2. The quantitative estimate of drug-likeness (QED) is 0.362. The molecule has 2 N–H and O–H groups in total. The van der Waals surface area contributed by atoms with Crippen LogP contribution in [0.1, 0.15) is 21.6 Å². The Morgan fingerprint density at radius 1 is 1.33 bits per heavy atom. The number of hydrogen-bond acceptors (Lipinski definition) is 2. The number of aryl methyl sites for hydroxylation is 1. The van der Waals surface area contributed by atoms with Crippen LogP contribution in [0.5, 0.6) is 0 Å². The van der Waals surface area contributed by atoms with Gasteiger partial charge in [0.15, 0.2) is 5.96 Å². The lowest BCUT2D eigenvalue weighted by atomic mass is 10.1. The number of carbonyl (C=O) groups excluding carboxylic acids is 1. The summed E-state index contributed by atoms with van der Waals surface area (Å²) in [4.78, 5) is 18.1. The van der Waals surface area contributed by atoms with E-state index in [2.05, 4.69) is 15.6 Å².